The first-order valence-corrected chi connectivity index (χ1v) is 7.54. The molecule has 2 rings (SSSR count). The van der Waals surface area contributed by atoms with Crippen LogP contribution in [-0.2, 0) is 7.05 Å². The second kappa shape index (κ2) is 6.67. The first-order valence-electron chi connectivity index (χ1n) is 5.87. The predicted octanol–water partition coefficient (Wildman–Crippen LogP) is 1.45. The number of aromatic nitrogens is 2. The summed E-state index contributed by atoms with van der Waals surface area (Å²) in [5.41, 5.74) is 0.399. The van der Waals surface area contributed by atoms with E-state index in [-0.39, 0.29) is 11.5 Å². The molecule has 0 unspecified atom stereocenters. The number of carbonyl (C=O) groups is 1. The van der Waals surface area contributed by atoms with Gasteiger partial charge in [0.05, 0.1) is 16.8 Å². The lowest BCUT2D eigenvalue weighted by Gasteiger charge is -2.09. The number of amides is 1. The van der Waals surface area contributed by atoms with Gasteiger partial charge in [0.2, 0.25) is 0 Å². The Labute approximate surface area is 127 Å². The Balaban J connectivity index is 1.84. The SMILES string of the molecule is Cn1ncc(NCCNC(=O)c2cccs2)c(Br)c1=O. The number of anilines is 1. The van der Waals surface area contributed by atoms with Gasteiger partial charge in [0.1, 0.15) is 4.47 Å². The lowest BCUT2D eigenvalue weighted by Crippen LogP contribution is -2.29. The topological polar surface area (TPSA) is 76.0 Å². The summed E-state index contributed by atoms with van der Waals surface area (Å²) in [7, 11) is 1.58. The van der Waals surface area contributed by atoms with Gasteiger partial charge >= 0.3 is 0 Å². The standard InChI is InChI=1S/C12H13BrN4O2S/c1-17-12(19)10(13)8(7-16-17)14-4-5-15-11(18)9-3-2-6-20-9/h2-3,6-7,14H,4-5H2,1H3,(H,15,18). The molecule has 0 aliphatic heterocycles. The number of thiophene rings is 1. The smallest absolute Gasteiger partial charge is 0.282 e. The first-order chi connectivity index (χ1) is 9.59. The molecule has 0 saturated carbocycles. The zero-order chi connectivity index (χ0) is 14.5. The third-order valence-electron chi connectivity index (χ3n) is 2.55. The summed E-state index contributed by atoms with van der Waals surface area (Å²) in [4.78, 5) is 24.0. The Bertz CT molecular complexity index is 654. The molecule has 2 heterocycles. The lowest BCUT2D eigenvalue weighted by atomic mass is 10.4. The molecule has 8 heteroatoms. The van der Waals surface area contributed by atoms with Gasteiger partial charge in [-0.05, 0) is 27.4 Å². The third-order valence-corrected chi connectivity index (χ3v) is 4.18. The van der Waals surface area contributed by atoms with Crippen molar-refractivity contribution < 1.29 is 4.79 Å². The Morgan fingerprint density at radius 3 is 3.00 bits per heavy atom. The molecule has 2 N–H and O–H groups in total. The predicted molar refractivity (Wildman–Crippen MR) is 82.3 cm³/mol. The van der Waals surface area contributed by atoms with Gasteiger partial charge in [0, 0.05) is 20.1 Å². The minimum absolute atomic E-state index is 0.0945. The zero-order valence-electron chi connectivity index (χ0n) is 10.7. The van der Waals surface area contributed by atoms with Crippen LogP contribution < -0.4 is 16.2 Å². The van der Waals surface area contributed by atoms with E-state index >= 15 is 0 Å². The molecule has 2 aromatic heterocycles. The Morgan fingerprint density at radius 2 is 2.30 bits per heavy atom. The number of nitrogens with zero attached hydrogens (tertiary/aromatic N) is 2. The van der Waals surface area contributed by atoms with E-state index in [2.05, 4.69) is 31.7 Å². The van der Waals surface area contributed by atoms with Gasteiger partial charge in [0.15, 0.2) is 0 Å². The molecule has 0 bridgehead atoms. The van der Waals surface area contributed by atoms with Crippen molar-refractivity contribution in [3.05, 3.63) is 43.4 Å². The number of rotatable bonds is 5. The van der Waals surface area contributed by atoms with Gasteiger partial charge < -0.3 is 10.6 Å². The van der Waals surface area contributed by atoms with Crippen molar-refractivity contribution in [2.45, 2.75) is 0 Å². The van der Waals surface area contributed by atoms with Crippen molar-refractivity contribution in [2.75, 3.05) is 18.4 Å². The second-order valence-electron chi connectivity index (χ2n) is 3.96. The maximum atomic E-state index is 11.7. The normalized spacial score (nSPS) is 10.3. The van der Waals surface area contributed by atoms with Gasteiger partial charge in [-0.2, -0.15) is 5.10 Å². The lowest BCUT2D eigenvalue weighted by molar-refractivity contribution is 0.0959. The summed E-state index contributed by atoms with van der Waals surface area (Å²) < 4.78 is 1.67. The van der Waals surface area contributed by atoms with E-state index in [9.17, 15) is 9.59 Å². The number of hydrogen-bond donors (Lipinski definition) is 2. The van der Waals surface area contributed by atoms with Crippen LogP contribution in [0, 0.1) is 0 Å². The zero-order valence-corrected chi connectivity index (χ0v) is 13.1. The van der Waals surface area contributed by atoms with E-state index < -0.39 is 0 Å². The Morgan fingerprint density at radius 1 is 1.50 bits per heavy atom. The summed E-state index contributed by atoms with van der Waals surface area (Å²) >= 11 is 4.62. The van der Waals surface area contributed by atoms with Crippen molar-refractivity contribution in [1.29, 1.82) is 0 Å². The van der Waals surface area contributed by atoms with Crippen LogP contribution in [0.3, 0.4) is 0 Å². The molecule has 6 nitrogen and oxygen atoms in total. The average molecular weight is 357 g/mol. The van der Waals surface area contributed by atoms with Crippen LogP contribution in [0.25, 0.3) is 0 Å². The fraction of sp³-hybridized carbons (Fsp3) is 0.250. The molecular weight excluding hydrogens is 344 g/mol. The van der Waals surface area contributed by atoms with Crippen LogP contribution in [0.1, 0.15) is 9.67 Å². The molecule has 0 aliphatic rings. The van der Waals surface area contributed by atoms with Crippen molar-refractivity contribution in [2.24, 2.45) is 7.05 Å². The van der Waals surface area contributed by atoms with Crippen molar-refractivity contribution in [3.8, 4) is 0 Å². The number of halogens is 1. The van der Waals surface area contributed by atoms with E-state index in [1.165, 1.54) is 16.0 Å². The third kappa shape index (κ3) is 3.45. The van der Waals surface area contributed by atoms with Gasteiger partial charge in [0.25, 0.3) is 11.5 Å². The van der Waals surface area contributed by atoms with E-state index in [1.54, 1.807) is 19.3 Å². The van der Waals surface area contributed by atoms with Crippen LogP contribution in [0.5, 0.6) is 0 Å². The van der Waals surface area contributed by atoms with Crippen LogP contribution in [0.2, 0.25) is 0 Å². The van der Waals surface area contributed by atoms with Crippen LogP contribution >= 0.6 is 27.3 Å². The minimum Gasteiger partial charge on any atom is -0.381 e. The second-order valence-corrected chi connectivity index (χ2v) is 5.70. The van der Waals surface area contributed by atoms with E-state index in [4.69, 9.17) is 0 Å². The highest BCUT2D eigenvalue weighted by molar-refractivity contribution is 9.10. The molecule has 0 radical (unpaired) electrons. The fourth-order valence-corrected chi connectivity index (χ4v) is 2.64. The molecule has 106 valence electrons. The van der Waals surface area contributed by atoms with Crippen LogP contribution in [0.4, 0.5) is 5.69 Å². The number of aryl methyl sites for hydroxylation is 1. The number of carbonyl (C=O) groups excluding carboxylic acids is 1. The van der Waals surface area contributed by atoms with Crippen molar-refractivity contribution in [3.63, 3.8) is 0 Å². The molecule has 0 aromatic carbocycles. The largest absolute Gasteiger partial charge is 0.381 e. The molecule has 2 aromatic rings. The summed E-state index contributed by atoms with van der Waals surface area (Å²) in [6.07, 6.45) is 1.56. The molecule has 0 aliphatic carbocycles. The quantitative estimate of drug-likeness (QED) is 0.795. The molecular formula is C12H13BrN4O2S. The van der Waals surface area contributed by atoms with Gasteiger partial charge in [-0.25, -0.2) is 4.68 Å². The molecule has 0 spiro atoms. The molecule has 0 atom stereocenters. The molecule has 20 heavy (non-hydrogen) atoms. The van der Waals surface area contributed by atoms with Crippen molar-refractivity contribution in [1.82, 2.24) is 15.1 Å². The van der Waals surface area contributed by atoms with E-state index in [0.29, 0.717) is 28.1 Å². The van der Waals surface area contributed by atoms with Gasteiger partial charge in [-0.15, -0.1) is 11.3 Å². The summed E-state index contributed by atoms with van der Waals surface area (Å²) in [6, 6.07) is 3.61. The summed E-state index contributed by atoms with van der Waals surface area (Å²) in [5.74, 6) is -0.0945. The van der Waals surface area contributed by atoms with Gasteiger partial charge in [-0.1, -0.05) is 6.07 Å². The van der Waals surface area contributed by atoms with E-state index in [0.717, 1.165) is 0 Å². The average Bonchev–Trinajstić information content (AvgIpc) is 2.97. The number of hydrogen-bond acceptors (Lipinski definition) is 5. The van der Waals surface area contributed by atoms with Crippen molar-refractivity contribution >= 4 is 38.9 Å². The first kappa shape index (κ1) is 14.7. The monoisotopic (exact) mass is 356 g/mol. The molecule has 0 fully saturated rings. The van der Waals surface area contributed by atoms with E-state index in [1.807, 2.05) is 11.4 Å². The maximum Gasteiger partial charge on any atom is 0.282 e. The molecule has 1 amide bonds. The van der Waals surface area contributed by atoms with Crippen LogP contribution in [-0.4, -0.2) is 28.8 Å². The number of nitrogens with one attached hydrogen (secondary N) is 2. The fourth-order valence-electron chi connectivity index (χ4n) is 1.50. The highest BCUT2D eigenvalue weighted by Gasteiger charge is 2.07. The van der Waals surface area contributed by atoms with Gasteiger partial charge in [-0.3, -0.25) is 9.59 Å². The van der Waals surface area contributed by atoms with Crippen LogP contribution in [0.15, 0.2) is 33.0 Å². The Hall–Kier alpha value is -1.67. The minimum atomic E-state index is -0.211. The highest BCUT2D eigenvalue weighted by Crippen LogP contribution is 2.15. The summed E-state index contributed by atoms with van der Waals surface area (Å²) in [6.45, 7) is 0.961. The highest BCUT2D eigenvalue weighted by atomic mass is 79.9. The maximum absolute atomic E-state index is 11.7. The molecule has 0 saturated heterocycles. The Kier molecular flexibility index (Phi) is 4.91. The summed E-state index contributed by atoms with van der Waals surface area (Å²) in [5, 5.41) is 11.6.